The third-order valence-electron chi connectivity index (χ3n) is 4.57. The van der Waals surface area contributed by atoms with E-state index in [1.807, 2.05) is 53.4 Å². The van der Waals surface area contributed by atoms with Crippen molar-refractivity contribution in [3.63, 3.8) is 0 Å². The summed E-state index contributed by atoms with van der Waals surface area (Å²) in [6, 6.07) is 24.0. The predicted octanol–water partition coefficient (Wildman–Crippen LogP) is 2.91. The minimum Gasteiger partial charge on any atom is -1.00 e. The van der Waals surface area contributed by atoms with Crippen molar-refractivity contribution in [3.8, 4) is 0 Å². The summed E-state index contributed by atoms with van der Waals surface area (Å²) < 4.78 is 1.95. The van der Waals surface area contributed by atoms with Gasteiger partial charge in [0.15, 0.2) is 12.4 Å². The van der Waals surface area contributed by atoms with Crippen LogP contribution in [0.25, 0.3) is 10.8 Å². The Morgan fingerprint density at radius 3 is 1.96 bits per heavy atom. The van der Waals surface area contributed by atoms with Gasteiger partial charge in [-0.2, -0.15) is 4.57 Å². The highest BCUT2D eigenvalue weighted by Crippen LogP contribution is 2.22. The summed E-state index contributed by atoms with van der Waals surface area (Å²) in [6.45, 7) is 0. The molecule has 0 N–H and O–H groups in total. The molecule has 1 aromatic heterocycles. The van der Waals surface area contributed by atoms with Crippen molar-refractivity contribution in [2.45, 2.75) is 6.04 Å². The lowest BCUT2D eigenvalue weighted by atomic mass is 9.96. The number of Topliss-reactive ketones (excluding diaryl/α,β-unsaturated/α-hetero) is 1. The normalized spacial score (nSPS) is 11.6. The SMILES string of the molecule is O=C(c1ccc(Cl)cc1)C(c1ccc(Cl)cc1)[n+]1ccc2ccccc2c1.[Br-]. The summed E-state index contributed by atoms with van der Waals surface area (Å²) >= 11 is 12.0. The van der Waals surface area contributed by atoms with Crippen LogP contribution in [0.15, 0.2) is 91.3 Å². The van der Waals surface area contributed by atoms with Crippen molar-refractivity contribution in [1.82, 2.24) is 0 Å². The van der Waals surface area contributed by atoms with Crippen molar-refractivity contribution in [1.29, 1.82) is 0 Å². The highest BCUT2D eigenvalue weighted by molar-refractivity contribution is 6.31. The molecule has 0 radical (unpaired) electrons. The summed E-state index contributed by atoms with van der Waals surface area (Å²) in [4.78, 5) is 13.4. The molecule has 28 heavy (non-hydrogen) atoms. The predicted molar refractivity (Wildman–Crippen MR) is 110 cm³/mol. The molecule has 2 nitrogen and oxygen atoms in total. The molecule has 3 aromatic carbocycles. The van der Waals surface area contributed by atoms with E-state index >= 15 is 0 Å². The summed E-state index contributed by atoms with van der Waals surface area (Å²) in [7, 11) is 0. The maximum absolute atomic E-state index is 13.4. The maximum Gasteiger partial charge on any atom is 0.246 e. The van der Waals surface area contributed by atoms with E-state index in [2.05, 4.69) is 6.07 Å². The van der Waals surface area contributed by atoms with Crippen molar-refractivity contribution in [2.75, 3.05) is 0 Å². The number of benzene rings is 3. The minimum absolute atomic E-state index is 0. The minimum atomic E-state index is -0.493. The number of halogens is 3. The van der Waals surface area contributed by atoms with Crippen molar-refractivity contribution in [2.24, 2.45) is 0 Å². The lowest BCUT2D eigenvalue weighted by Gasteiger charge is -2.13. The van der Waals surface area contributed by atoms with Gasteiger partial charge in [-0.25, -0.2) is 0 Å². The van der Waals surface area contributed by atoms with Crippen LogP contribution in [0.5, 0.6) is 0 Å². The van der Waals surface area contributed by atoms with E-state index in [1.165, 1.54) is 0 Å². The number of carbonyl (C=O) groups excluding carboxylic acids is 1. The first-order valence-corrected chi connectivity index (χ1v) is 9.32. The van der Waals surface area contributed by atoms with E-state index in [0.717, 1.165) is 16.3 Å². The van der Waals surface area contributed by atoms with E-state index in [0.29, 0.717) is 15.6 Å². The Bertz CT molecular complexity index is 1110. The standard InChI is InChI=1S/C23H16Cl2NO.BrH/c24-20-9-5-17(6-10-20)22(23(27)18-7-11-21(25)12-8-18)26-14-13-16-3-1-2-4-19(16)15-26;/h1-15,22H;1H/q+1;/p-1. The average Bonchev–Trinajstić information content (AvgIpc) is 2.70. The second-order valence-electron chi connectivity index (χ2n) is 6.35. The zero-order chi connectivity index (χ0) is 18.8. The number of aromatic nitrogens is 1. The van der Waals surface area contributed by atoms with E-state index < -0.39 is 6.04 Å². The van der Waals surface area contributed by atoms with Crippen LogP contribution in [0, 0.1) is 0 Å². The number of hydrogen-bond donors (Lipinski definition) is 0. The topological polar surface area (TPSA) is 20.9 Å². The molecule has 1 unspecified atom stereocenters. The Morgan fingerprint density at radius 1 is 0.750 bits per heavy atom. The number of nitrogens with zero attached hydrogens (tertiary/aromatic N) is 1. The van der Waals surface area contributed by atoms with Crippen LogP contribution < -0.4 is 21.5 Å². The van der Waals surface area contributed by atoms with Gasteiger partial charge in [0, 0.05) is 32.6 Å². The molecule has 0 fully saturated rings. The van der Waals surface area contributed by atoms with Crippen molar-refractivity contribution < 1.29 is 26.3 Å². The van der Waals surface area contributed by atoms with E-state index in [1.54, 1.807) is 36.4 Å². The molecule has 4 rings (SSSR count). The molecule has 0 saturated carbocycles. The number of pyridine rings is 1. The zero-order valence-electron chi connectivity index (χ0n) is 14.7. The van der Waals surface area contributed by atoms with Gasteiger partial charge in [0.1, 0.15) is 0 Å². The van der Waals surface area contributed by atoms with Crippen LogP contribution in [-0.2, 0) is 0 Å². The summed E-state index contributed by atoms with van der Waals surface area (Å²) in [5, 5.41) is 3.44. The van der Waals surface area contributed by atoms with E-state index in [9.17, 15) is 4.79 Å². The molecular weight excluding hydrogens is 457 g/mol. The van der Waals surface area contributed by atoms with Crippen LogP contribution in [0.1, 0.15) is 22.0 Å². The maximum atomic E-state index is 13.4. The van der Waals surface area contributed by atoms with Crippen LogP contribution in [-0.4, -0.2) is 5.78 Å². The second kappa shape index (κ2) is 8.87. The molecule has 1 heterocycles. The molecular formula is C23H16BrCl2NO. The van der Waals surface area contributed by atoms with Crippen molar-refractivity contribution >= 4 is 39.8 Å². The lowest BCUT2D eigenvalue weighted by Crippen LogP contribution is -3.00. The number of rotatable bonds is 4. The molecule has 0 saturated heterocycles. The van der Waals surface area contributed by atoms with Crippen molar-refractivity contribution in [3.05, 3.63) is 112 Å². The lowest BCUT2D eigenvalue weighted by molar-refractivity contribution is -0.697. The average molecular weight is 473 g/mol. The smallest absolute Gasteiger partial charge is 0.246 e. The quantitative estimate of drug-likeness (QED) is 0.330. The van der Waals surface area contributed by atoms with E-state index in [-0.39, 0.29) is 22.8 Å². The van der Waals surface area contributed by atoms with Gasteiger partial charge in [-0.05, 0) is 47.9 Å². The van der Waals surface area contributed by atoms with Gasteiger partial charge in [0.2, 0.25) is 11.8 Å². The second-order valence-corrected chi connectivity index (χ2v) is 7.22. The van der Waals surface area contributed by atoms with Gasteiger partial charge in [0.05, 0.1) is 0 Å². The molecule has 0 aliphatic carbocycles. The Kier molecular flexibility index (Phi) is 6.50. The molecule has 0 bridgehead atoms. The van der Waals surface area contributed by atoms with Gasteiger partial charge in [0.25, 0.3) is 0 Å². The number of fused-ring (bicyclic) bond motifs is 1. The fourth-order valence-corrected chi connectivity index (χ4v) is 3.44. The molecule has 0 spiro atoms. The van der Waals surface area contributed by atoms with E-state index in [4.69, 9.17) is 23.2 Å². The van der Waals surface area contributed by atoms with Crippen LogP contribution in [0.2, 0.25) is 10.0 Å². The zero-order valence-corrected chi connectivity index (χ0v) is 17.8. The largest absolute Gasteiger partial charge is 1.00 e. The molecule has 0 aliphatic rings. The van der Waals surface area contributed by atoms with Gasteiger partial charge in [-0.1, -0.05) is 53.5 Å². The molecule has 4 aromatic rings. The highest BCUT2D eigenvalue weighted by Gasteiger charge is 2.30. The Labute approximate surface area is 184 Å². The van der Waals surface area contributed by atoms with Gasteiger partial charge < -0.3 is 17.0 Å². The summed E-state index contributed by atoms with van der Waals surface area (Å²) in [5.41, 5.74) is 1.49. The first-order valence-electron chi connectivity index (χ1n) is 8.56. The Balaban J connectivity index is 0.00000225. The molecule has 0 amide bonds. The fourth-order valence-electron chi connectivity index (χ4n) is 3.19. The number of hydrogen-bond acceptors (Lipinski definition) is 1. The monoisotopic (exact) mass is 471 g/mol. The van der Waals surface area contributed by atoms with Crippen LogP contribution in [0.4, 0.5) is 0 Å². The van der Waals surface area contributed by atoms with Gasteiger partial charge in [-0.3, -0.25) is 4.79 Å². The first-order chi connectivity index (χ1) is 13.1. The highest BCUT2D eigenvalue weighted by atomic mass is 79.9. The van der Waals surface area contributed by atoms with Gasteiger partial charge >= 0.3 is 0 Å². The summed E-state index contributed by atoms with van der Waals surface area (Å²) in [5.74, 6) is -0.00531. The molecule has 0 aliphatic heterocycles. The van der Waals surface area contributed by atoms with Crippen LogP contribution in [0.3, 0.4) is 0 Å². The Hall–Kier alpha value is -2.20. The van der Waals surface area contributed by atoms with Crippen LogP contribution >= 0.6 is 23.2 Å². The number of carbonyl (C=O) groups is 1. The summed E-state index contributed by atoms with van der Waals surface area (Å²) in [6.07, 6.45) is 3.94. The third-order valence-corrected chi connectivity index (χ3v) is 5.08. The fraction of sp³-hybridized carbons (Fsp3) is 0.0435. The first kappa shape index (κ1) is 20.5. The number of ketones is 1. The van der Waals surface area contributed by atoms with Gasteiger partial charge in [-0.15, -0.1) is 0 Å². The Morgan fingerprint density at radius 2 is 1.32 bits per heavy atom. The molecule has 140 valence electrons. The molecule has 5 heteroatoms. The third kappa shape index (κ3) is 4.27. The molecule has 1 atom stereocenters.